The highest BCUT2D eigenvalue weighted by atomic mass is 79.9. The molecule has 0 bridgehead atoms. The summed E-state index contributed by atoms with van der Waals surface area (Å²) in [7, 11) is 3.62. The molecule has 2 heterocycles. The number of aromatic nitrogens is 4. The number of alkyl halides is 3. The average Bonchev–Trinajstić information content (AvgIpc) is 3.21. The van der Waals surface area contributed by atoms with E-state index in [2.05, 4.69) is 41.3 Å². The van der Waals surface area contributed by atoms with E-state index < -0.39 is 29.7 Å². The highest BCUT2D eigenvalue weighted by molar-refractivity contribution is 9.10. The Morgan fingerprint density at radius 1 is 1.20 bits per heavy atom. The predicted octanol–water partition coefficient (Wildman–Crippen LogP) is 6.02. The number of aliphatic imine (C=N–C) groups is 1. The molecule has 0 saturated heterocycles. The molecule has 0 aliphatic carbocycles. The van der Waals surface area contributed by atoms with Crippen LogP contribution in [0.4, 0.5) is 24.7 Å². The molecule has 0 aliphatic heterocycles. The summed E-state index contributed by atoms with van der Waals surface area (Å²) in [6.45, 7) is 2.82. The Morgan fingerprint density at radius 2 is 1.93 bits per heavy atom. The number of hydrogen-bond donors (Lipinski definition) is 1. The highest BCUT2D eigenvalue weighted by Crippen LogP contribution is 2.35. The first-order valence-corrected chi connectivity index (χ1v) is 13.0. The van der Waals surface area contributed by atoms with E-state index in [0.717, 1.165) is 19.1 Å². The molecule has 1 unspecified atom stereocenters. The number of rotatable bonds is 7. The Hall–Kier alpha value is -4.04. The maximum atomic E-state index is 13.4. The maximum Gasteiger partial charge on any atom is 0.416 e. The van der Waals surface area contributed by atoms with Gasteiger partial charge in [-0.3, -0.25) is 9.59 Å². The summed E-state index contributed by atoms with van der Waals surface area (Å²) in [5.74, 6) is -1.39. The second-order valence-corrected chi connectivity index (χ2v) is 10.3. The largest absolute Gasteiger partial charge is 0.447 e. The van der Waals surface area contributed by atoms with Crippen LogP contribution in [0.15, 0.2) is 52.2 Å². The number of amides is 1. The number of esters is 1. The standard InChI is InChI=1S/C26H22BrClF3N7O3/c1-13-21-22(24(33-11-32-21)34-12-37(3)4)38(36-13)20-6-5-18(10-19(20)28)35-25(40)23(41-14(2)39)15-7-16(26(29,30)31)9-17(27)8-15/h5-12,23H,1-4H3,(H,35,40)/b34-12+. The summed E-state index contributed by atoms with van der Waals surface area (Å²) in [6, 6.07) is 7.39. The quantitative estimate of drug-likeness (QED) is 0.147. The van der Waals surface area contributed by atoms with Crippen molar-refractivity contribution in [2.45, 2.75) is 26.1 Å². The van der Waals surface area contributed by atoms with E-state index in [0.29, 0.717) is 28.2 Å². The fourth-order valence-electron chi connectivity index (χ4n) is 3.85. The van der Waals surface area contributed by atoms with Gasteiger partial charge < -0.3 is 15.0 Å². The molecule has 0 radical (unpaired) electrons. The van der Waals surface area contributed by atoms with Crippen LogP contribution in [0.3, 0.4) is 0 Å². The molecule has 4 rings (SSSR count). The second-order valence-electron chi connectivity index (χ2n) is 9.02. The van der Waals surface area contributed by atoms with Gasteiger partial charge in [-0.1, -0.05) is 27.5 Å². The number of fused-ring (bicyclic) bond motifs is 1. The molecule has 0 fully saturated rings. The lowest BCUT2D eigenvalue weighted by Crippen LogP contribution is -2.25. The van der Waals surface area contributed by atoms with Crippen LogP contribution in [0.1, 0.15) is 29.8 Å². The number of benzene rings is 2. The monoisotopic (exact) mass is 651 g/mol. The molecule has 0 aliphatic rings. The van der Waals surface area contributed by atoms with Crippen molar-refractivity contribution in [3.05, 3.63) is 69.0 Å². The van der Waals surface area contributed by atoms with Gasteiger partial charge in [-0.2, -0.15) is 18.3 Å². The number of aryl methyl sites for hydroxylation is 1. The zero-order chi connectivity index (χ0) is 30.1. The SMILES string of the molecule is CC(=O)OC(C(=O)Nc1ccc(-n2nc(C)c3ncnc(/N=C/N(C)C)c32)c(Cl)c1)c1cc(Br)cc(C(F)(F)F)c1. The van der Waals surface area contributed by atoms with E-state index in [4.69, 9.17) is 16.3 Å². The van der Waals surface area contributed by atoms with Crippen LogP contribution < -0.4 is 5.32 Å². The van der Waals surface area contributed by atoms with E-state index in [1.54, 1.807) is 24.2 Å². The lowest BCUT2D eigenvalue weighted by molar-refractivity contribution is -0.152. The molecule has 10 nitrogen and oxygen atoms in total. The van der Waals surface area contributed by atoms with E-state index >= 15 is 0 Å². The smallest absolute Gasteiger partial charge is 0.416 e. The van der Waals surface area contributed by atoms with Crippen LogP contribution in [0.2, 0.25) is 5.02 Å². The second kappa shape index (κ2) is 11.8. The van der Waals surface area contributed by atoms with E-state index in [-0.39, 0.29) is 20.7 Å². The summed E-state index contributed by atoms with van der Waals surface area (Å²) in [4.78, 5) is 39.6. The molecule has 15 heteroatoms. The molecule has 1 N–H and O–H groups in total. The first-order valence-electron chi connectivity index (χ1n) is 11.8. The number of carbonyl (C=O) groups is 2. The van der Waals surface area contributed by atoms with Crippen molar-refractivity contribution in [3.63, 3.8) is 0 Å². The number of halogens is 5. The van der Waals surface area contributed by atoms with Crippen molar-refractivity contribution in [2.24, 2.45) is 4.99 Å². The topological polar surface area (TPSA) is 115 Å². The van der Waals surface area contributed by atoms with Crippen LogP contribution in [0.5, 0.6) is 0 Å². The number of hydrogen-bond acceptors (Lipinski definition) is 7. The maximum absolute atomic E-state index is 13.4. The number of nitrogens with one attached hydrogen (secondary N) is 1. The van der Waals surface area contributed by atoms with Crippen molar-refractivity contribution in [2.75, 3.05) is 19.4 Å². The molecule has 0 spiro atoms. The van der Waals surface area contributed by atoms with Gasteiger partial charge in [0.15, 0.2) is 5.82 Å². The number of nitrogens with zero attached hydrogens (tertiary/aromatic N) is 6. The van der Waals surface area contributed by atoms with E-state index in [9.17, 15) is 22.8 Å². The Morgan fingerprint density at radius 3 is 2.56 bits per heavy atom. The highest BCUT2D eigenvalue weighted by Gasteiger charge is 2.33. The van der Waals surface area contributed by atoms with Crippen LogP contribution >= 0.6 is 27.5 Å². The third-order valence-corrected chi connectivity index (χ3v) is 6.29. The van der Waals surface area contributed by atoms with Crippen molar-refractivity contribution >= 4 is 68.3 Å². The molecule has 1 atom stereocenters. The fourth-order valence-corrected chi connectivity index (χ4v) is 4.62. The van der Waals surface area contributed by atoms with Crippen LogP contribution in [0.25, 0.3) is 16.7 Å². The van der Waals surface area contributed by atoms with Gasteiger partial charge in [-0.15, -0.1) is 0 Å². The van der Waals surface area contributed by atoms with Crippen LogP contribution in [-0.2, 0) is 20.5 Å². The molecule has 0 saturated carbocycles. The van der Waals surface area contributed by atoms with Crippen LogP contribution in [0, 0.1) is 6.92 Å². The van der Waals surface area contributed by atoms with Gasteiger partial charge in [0.1, 0.15) is 17.4 Å². The first-order chi connectivity index (χ1) is 19.2. The van der Waals surface area contributed by atoms with Gasteiger partial charge in [-0.05, 0) is 43.3 Å². The molecule has 4 aromatic rings. The summed E-state index contributed by atoms with van der Waals surface area (Å²) in [6.07, 6.45) is -3.39. The lowest BCUT2D eigenvalue weighted by atomic mass is 10.0. The summed E-state index contributed by atoms with van der Waals surface area (Å²) in [5.41, 5.74) is 1.11. The average molecular weight is 653 g/mol. The summed E-state index contributed by atoms with van der Waals surface area (Å²) >= 11 is 9.61. The van der Waals surface area contributed by atoms with E-state index in [1.807, 2.05) is 14.1 Å². The lowest BCUT2D eigenvalue weighted by Gasteiger charge is -2.19. The molecular weight excluding hydrogens is 631 g/mol. The normalized spacial score (nSPS) is 12.5. The van der Waals surface area contributed by atoms with Crippen molar-refractivity contribution in [3.8, 4) is 5.69 Å². The molecular formula is C26H22BrClF3N7O3. The minimum atomic E-state index is -4.68. The van der Waals surface area contributed by atoms with Gasteiger partial charge >= 0.3 is 12.1 Å². The zero-order valence-corrected chi connectivity index (χ0v) is 24.3. The predicted molar refractivity (Wildman–Crippen MR) is 151 cm³/mol. The summed E-state index contributed by atoms with van der Waals surface area (Å²) in [5, 5.41) is 7.26. The number of ether oxygens (including phenoxy) is 1. The van der Waals surface area contributed by atoms with Gasteiger partial charge in [0.25, 0.3) is 5.91 Å². The molecule has 41 heavy (non-hydrogen) atoms. The van der Waals surface area contributed by atoms with Gasteiger partial charge in [0.05, 0.1) is 28.3 Å². The minimum absolute atomic E-state index is 0.0553. The molecule has 214 valence electrons. The Bertz CT molecular complexity index is 1670. The fraction of sp³-hybridized carbons (Fsp3) is 0.231. The Kier molecular flexibility index (Phi) is 8.63. The minimum Gasteiger partial charge on any atom is -0.447 e. The van der Waals surface area contributed by atoms with Gasteiger partial charge in [0.2, 0.25) is 6.10 Å². The van der Waals surface area contributed by atoms with Crippen LogP contribution in [-0.4, -0.2) is 57.0 Å². The first kappa shape index (κ1) is 29.9. The third-order valence-electron chi connectivity index (χ3n) is 5.53. The van der Waals surface area contributed by atoms with Crippen molar-refractivity contribution in [1.82, 2.24) is 24.6 Å². The van der Waals surface area contributed by atoms with Crippen molar-refractivity contribution < 1.29 is 27.5 Å². The number of carbonyl (C=O) groups excluding carboxylic acids is 2. The molecule has 2 aromatic heterocycles. The van der Waals surface area contributed by atoms with Crippen molar-refractivity contribution in [1.29, 1.82) is 0 Å². The molecule has 2 aromatic carbocycles. The Balaban J connectivity index is 1.69. The molecule has 1 amide bonds. The van der Waals surface area contributed by atoms with Gasteiger partial charge in [0, 0.05) is 36.7 Å². The third kappa shape index (κ3) is 6.82. The van der Waals surface area contributed by atoms with Gasteiger partial charge in [-0.25, -0.2) is 19.6 Å². The zero-order valence-electron chi connectivity index (χ0n) is 22.0. The summed E-state index contributed by atoms with van der Waals surface area (Å²) < 4.78 is 46.8. The Labute approximate surface area is 245 Å². The van der Waals surface area contributed by atoms with E-state index in [1.165, 1.54) is 29.2 Å². The number of anilines is 1.